The molecule has 0 radical (unpaired) electrons. The van der Waals surface area contributed by atoms with Crippen molar-refractivity contribution in [2.75, 3.05) is 11.4 Å². The van der Waals surface area contributed by atoms with Crippen LogP contribution in [0.15, 0.2) is 30.5 Å². The highest BCUT2D eigenvalue weighted by Gasteiger charge is 2.34. The number of nitrogens with zero attached hydrogens (tertiary/aromatic N) is 3. The van der Waals surface area contributed by atoms with Gasteiger partial charge in [0, 0.05) is 24.7 Å². The molecule has 1 aliphatic rings. The molecule has 0 saturated carbocycles. The second-order valence-corrected chi connectivity index (χ2v) is 8.02. The van der Waals surface area contributed by atoms with E-state index in [1.165, 1.54) is 4.90 Å². The lowest BCUT2D eigenvalue weighted by Gasteiger charge is -2.32. The maximum absolute atomic E-state index is 13.8. The summed E-state index contributed by atoms with van der Waals surface area (Å²) >= 11 is 0. The van der Waals surface area contributed by atoms with Crippen molar-refractivity contribution in [3.8, 4) is 0 Å². The van der Waals surface area contributed by atoms with E-state index in [-0.39, 0.29) is 0 Å². The highest BCUT2D eigenvalue weighted by Crippen LogP contribution is 2.22. The van der Waals surface area contributed by atoms with Crippen molar-refractivity contribution >= 4 is 21.7 Å². The fraction of sp³-hybridized carbons (Fsp3) is 0.412. The molecular weight excluding hydrogens is 378 g/mol. The van der Waals surface area contributed by atoms with Gasteiger partial charge < -0.3 is 0 Å². The number of carbonyl (C=O) groups is 1. The van der Waals surface area contributed by atoms with Gasteiger partial charge in [-0.05, 0) is 31.9 Å². The number of hydrogen-bond donors (Lipinski definition) is 1. The van der Waals surface area contributed by atoms with E-state index in [4.69, 9.17) is 0 Å². The van der Waals surface area contributed by atoms with Gasteiger partial charge in [0.2, 0.25) is 15.9 Å². The van der Waals surface area contributed by atoms with E-state index < -0.39 is 44.9 Å². The Hall–Kier alpha value is -2.33. The number of anilines is 1. The van der Waals surface area contributed by atoms with E-state index in [0.29, 0.717) is 31.7 Å². The Morgan fingerprint density at radius 3 is 2.63 bits per heavy atom. The molecule has 10 heteroatoms. The van der Waals surface area contributed by atoms with Gasteiger partial charge in [-0.15, -0.1) is 0 Å². The fourth-order valence-corrected chi connectivity index (χ4v) is 4.52. The minimum Gasteiger partial charge on any atom is -0.296 e. The number of nitrogens with one attached hydrogen (secondary N) is 1. The molecule has 1 aliphatic heterocycles. The van der Waals surface area contributed by atoms with Crippen molar-refractivity contribution < 1.29 is 22.0 Å². The summed E-state index contributed by atoms with van der Waals surface area (Å²) in [6, 6.07) is 3.85. The number of hydrogen-bond acceptors (Lipinski definition) is 4. The molecule has 1 atom stereocenters. The van der Waals surface area contributed by atoms with Crippen LogP contribution in [0.3, 0.4) is 0 Å². The number of rotatable bonds is 6. The molecule has 1 aromatic heterocycles. The first-order valence-electron chi connectivity index (χ1n) is 8.58. The van der Waals surface area contributed by atoms with Gasteiger partial charge in [0.15, 0.2) is 0 Å². The van der Waals surface area contributed by atoms with Crippen LogP contribution in [0.25, 0.3) is 0 Å². The standard InChI is InChI=1S/C17H20F2N4O3S/c1-2-23-16(8-9-20-23)22-10-4-7-15(17(22)24)21-27(25,26)11-12-13(18)5-3-6-14(12)19/h3,5-6,8-9,15,21H,2,4,7,10-11H2,1H3/t15-/m0/s1. The summed E-state index contributed by atoms with van der Waals surface area (Å²) < 4.78 is 56.2. The quantitative estimate of drug-likeness (QED) is 0.804. The number of halogens is 2. The van der Waals surface area contributed by atoms with Gasteiger partial charge in [-0.25, -0.2) is 26.6 Å². The lowest BCUT2D eigenvalue weighted by molar-refractivity contribution is -0.121. The number of carbonyl (C=O) groups excluding carboxylic acids is 1. The Kier molecular flexibility index (Phi) is 5.56. The highest BCUT2D eigenvalue weighted by molar-refractivity contribution is 7.88. The predicted octanol–water partition coefficient (Wildman–Crippen LogP) is 1.80. The van der Waals surface area contributed by atoms with Gasteiger partial charge in [0.05, 0.1) is 11.9 Å². The summed E-state index contributed by atoms with van der Waals surface area (Å²) in [5, 5.41) is 4.12. The van der Waals surface area contributed by atoms with Crippen LogP contribution in [0.1, 0.15) is 25.3 Å². The van der Waals surface area contributed by atoms with E-state index in [9.17, 15) is 22.0 Å². The molecule has 0 aliphatic carbocycles. The highest BCUT2D eigenvalue weighted by atomic mass is 32.2. The van der Waals surface area contributed by atoms with E-state index in [1.54, 1.807) is 16.9 Å². The molecule has 0 bridgehead atoms. The molecule has 3 rings (SSSR count). The van der Waals surface area contributed by atoms with E-state index in [2.05, 4.69) is 9.82 Å². The second kappa shape index (κ2) is 7.73. The summed E-state index contributed by atoms with van der Waals surface area (Å²) in [7, 11) is -4.12. The molecule has 146 valence electrons. The van der Waals surface area contributed by atoms with Crippen LogP contribution in [-0.2, 0) is 27.1 Å². The SMILES string of the molecule is CCn1nccc1N1CCC[C@H](NS(=O)(=O)Cc2c(F)cccc2F)C1=O. The number of benzene rings is 1. The Labute approximate surface area is 156 Å². The maximum Gasteiger partial charge on any atom is 0.246 e. The molecule has 1 saturated heterocycles. The minimum atomic E-state index is -4.12. The summed E-state index contributed by atoms with van der Waals surface area (Å²) in [6.45, 7) is 2.90. The van der Waals surface area contributed by atoms with Crippen molar-refractivity contribution in [2.24, 2.45) is 0 Å². The number of sulfonamides is 1. The first-order chi connectivity index (χ1) is 12.8. The Bertz CT molecular complexity index is 925. The second-order valence-electron chi connectivity index (χ2n) is 6.27. The molecule has 2 aromatic rings. The van der Waals surface area contributed by atoms with Gasteiger partial charge >= 0.3 is 0 Å². The van der Waals surface area contributed by atoms with E-state index in [0.717, 1.165) is 18.2 Å². The molecular formula is C17H20F2N4O3S. The minimum absolute atomic E-state index is 0.314. The summed E-state index contributed by atoms with van der Waals surface area (Å²) in [5.41, 5.74) is -0.547. The number of amides is 1. The van der Waals surface area contributed by atoms with Crippen LogP contribution < -0.4 is 9.62 Å². The van der Waals surface area contributed by atoms with Crippen LogP contribution in [-0.4, -0.2) is 36.7 Å². The summed E-state index contributed by atoms with van der Waals surface area (Å²) in [5.74, 6) is -2.57. The topological polar surface area (TPSA) is 84.3 Å². The van der Waals surface area contributed by atoms with E-state index in [1.807, 2.05) is 6.92 Å². The van der Waals surface area contributed by atoms with Crippen molar-refractivity contribution in [1.82, 2.24) is 14.5 Å². The van der Waals surface area contributed by atoms with Crippen LogP contribution in [0.5, 0.6) is 0 Å². The Morgan fingerprint density at radius 1 is 1.26 bits per heavy atom. The normalized spacial score (nSPS) is 18.1. The van der Waals surface area contributed by atoms with Gasteiger partial charge in [-0.1, -0.05) is 6.07 Å². The molecule has 1 fully saturated rings. The van der Waals surface area contributed by atoms with Gasteiger partial charge in [-0.2, -0.15) is 5.10 Å². The molecule has 7 nitrogen and oxygen atoms in total. The van der Waals surface area contributed by atoms with Crippen LogP contribution in [0, 0.1) is 11.6 Å². The van der Waals surface area contributed by atoms with Gasteiger partial charge in [-0.3, -0.25) is 9.69 Å². The summed E-state index contributed by atoms with van der Waals surface area (Å²) in [4.78, 5) is 14.2. The average molecular weight is 398 g/mol. The van der Waals surface area contributed by atoms with E-state index >= 15 is 0 Å². The van der Waals surface area contributed by atoms with Crippen molar-refractivity contribution in [3.63, 3.8) is 0 Å². The van der Waals surface area contributed by atoms with Crippen molar-refractivity contribution in [2.45, 2.75) is 38.1 Å². The zero-order chi connectivity index (χ0) is 19.6. The number of aromatic nitrogens is 2. The molecule has 2 heterocycles. The fourth-order valence-electron chi connectivity index (χ4n) is 3.13. The van der Waals surface area contributed by atoms with Crippen molar-refractivity contribution in [1.29, 1.82) is 0 Å². The average Bonchev–Trinajstić information content (AvgIpc) is 3.08. The monoisotopic (exact) mass is 398 g/mol. The van der Waals surface area contributed by atoms with Crippen LogP contribution >= 0.6 is 0 Å². The third-order valence-electron chi connectivity index (χ3n) is 4.43. The predicted molar refractivity (Wildman–Crippen MR) is 95.4 cm³/mol. The smallest absolute Gasteiger partial charge is 0.246 e. The first kappa shape index (κ1) is 19.4. The Balaban J connectivity index is 1.77. The third kappa shape index (κ3) is 4.16. The molecule has 27 heavy (non-hydrogen) atoms. The third-order valence-corrected chi connectivity index (χ3v) is 5.74. The lowest BCUT2D eigenvalue weighted by Crippen LogP contribution is -2.53. The van der Waals surface area contributed by atoms with Gasteiger partial charge in [0.1, 0.15) is 23.5 Å². The van der Waals surface area contributed by atoms with Gasteiger partial charge in [0.25, 0.3) is 0 Å². The maximum atomic E-state index is 13.8. The molecule has 1 amide bonds. The largest absolute Gasteiger partial charge is 0.296 e. The Morgan fingerprint density at radius 2 is 1.96 bits per heavy atom. The number of piperidine rings is 1. The zero-order valence-corrected chi connectivity index (χ0v) is 15.5. The molecule has 0 spiro atoms. The summed E-state index contributed by atoms with van der Waals surface area (Å²) in [6.07, 6.45) is 2.47. The molecule has 0 unspecified atom stereocenters. The van der Waals surface area contributed by atoms with Crippen LogP contribution in [0.2, 0.25) is 0 Å². The molecule has 1 N–H and O–H groups in total. The number of aryl methyl sites for hydroxylation is 1. The lowest BCUT2D eigenvalue weighted by atomic mass is 10.1. The van der Waals surface area contributed by atoms with Crippen molar-refractivity contribution in [3.05, 3.63) is 47.7 Å². The molecule has 1 aromatic carbocycles. The zero-order valence-electron chi connectivity index (χ0n) is 14.7. The van der Waals surface area contributed by atoms with Crippen LogP contribution in [0.4, 0.5) is 14.6 Å². The first-order valence-corrected chi connectivity index (χ1v) is 10.2.